The molecule has 0 saturated carbocycles. The molecule has 0 unspecified atom stereocenters. The van der Waals surface area contributed by atoms with Crippen LogP contribution in [0.25, 0.3) is 66.1 Å². The van der Waals surface area contributed by atoms with Gasteiger partial charge in [0.15, 0.2) is 0 Å². The van der Waals surface area contributed by atoms with Gasteiger partial charge in [-0.3, -0.25) is 0 Å². The number of hydrogen-bond acceptors (Lipinski definition) is 1. The summed E-state index contributed by atoms with van der Waals surface area (Å²) in [6, 6.07) is 7.58. The largest absolute Gasteiger partial charge is 0.416 e. The van der Waals surface area contributed by atoms with Crippen LogP contribution in [0.1, 0.15) is 106 Å². The Morgan fingerprint density at radius 1 is 0.344 bits per heavy atom. The molecule has 2 heterocycles. The third-order valence-electron chi connectivity index (χ3n) is 15.6. The fourth-order valence-electron chi connectivity index (χ4n) is 10.6. The predicted octanol–water partition coefficient (Wildman–Crippen LogP) is 16.4. The highest BCUT2D eigenvalue weighted by Gasteiger charge is 2.38. The van der Waals surface area contributed by atoms with Gasteiger partial charge in [-0.15, -0.1) is 0 Å². The first kappa shape index (κ1) is 44.6. The van der Waals surface area contributed by atoms with Crippen LogP contribution in [0.15, 0.2) is 30.3 Å². The van der Waals surface area contributed by atoms with Crippen LogP contribution in [0.5, 0.6) is 0 Å². The fourth-order valence-corrected chi connectivity index (χ4v) is 10.6. The van der Waals surface area contributed by atoms with Crippen molar-refractivity contribution < 1.29 is 26.3 Å². The fraction of sp³-hybridized carbons (Fsp3) is 0.327. The van der Waals surface area contributed by atoms with Crippen LogP contribution in [0.3, 0.4) is 0 Å². The molecule has 0 saturated heterocycles. The number of hydrogen-bond donors (Lipinski definition) is 0. The minimum atomic E-state index is -5.07. The van der Waals surface area contributed by atoms with Crippen molar-refractivity contribution in [1.82, 2.24) is 9.13 Å². The molecule has 64 heavy (non-hydrogen) atoms. The van der Waals surface area contributed by atoms with Crippen LogP contribution in [0, 0.1) is 122 Å². The number of aryl methyl sites for hydroxylation is 8. The Bertz CT molecular complexity index is 3100. The van der Waals surface area contributed by atoms with E-state index in [0.29, 0.717) is 11.4 Å². The average Bonchev–Trinajstić information content (AvgIpc) is 3.80. The Morgan fingerprint density at radius 2 is 0.578 bits per heavy atom. The van der Waals surface area contributed by atoms with Crippen molar-refractivity contribution >= 4 is 43.6 Å². The van der Waals surface area contributed by atoms with Gasteiger partial charge in [0.05, 0.1) is 44.6 Å². The number of aromatic nitrogens is 2. The van der Waals surface area contributed by atoms with Crippen molar-refractivity contribution in [3.8, 4) is 28.6 Å². The topological polar surface area (TPSA) is 33.6 Å². The van der Waals surface area contributed by atoms with Crippen molar-refractivity contribution in [2.45, 2.75) is 123 Å². The summed E-state index contributed by atoms with van der Waals surface area (Å²) < 4.78 is 92.1. The number of benzene rings is 6. The first-order valence-corrected chi connectivity index (χ1v) is 21.6. The van der Waals surface area contributed by atoms with Crippen LogP contribution in [0.2, 0.25) is 0 Å². The first-order valence-electron chi connectivity index (χ1n) is 21.6. The molecule has 0 fully saturated rings. The van der Waals surface area contributed by atoms with E-state index in [1.54, 1.807) is 12.1 Å². The highest BCUT2D eigenvalue weighted by atomic mass is 19.4. The molecule has 0 atom stereocenters. The number of fused-ring (bicyclic) bond motifs is 6. The van der Waals surface area contributed by atoms with Gasteiger partial charge >= 0.3 is 12.4 Å². The molecule has 2 aromatic heterocycles. The summed E-state index contributed by atoms with van der Waals surface area (Å²) in [5.41, 5.74) is 18.1. The molecule has 0 aliphatic rings. The lowest BCUT2D eigenvalue weighted by molar-refractivity contribution is -0.143. The Hall–Kier alpha value is -6.01. The third kappa shape index (κ3) is 6.00. The van der Waals surface area contributed by atoms with Gasteiger partial charge in [0.25, 0.3) is 0 Å². The lowest BCUT2D eigenvalue weighted by atomic mass is 9.90. The molecule has 0 spiro atoms. The van der Waals surface area contributed by atoms with Crippen molar-refractivity contribution in [1.29, 1.82) is 5.26 Å². The van der Waals surface area contributed by atoms with Gasteiger partial charge in [-0.2, -0.15) is 31.6 Å². The van der Waals surface area contributed by atoms with Crippen LogP contribution < -0.4 is 0 Å². The minimum absolute atomic E-state index is 0.110. The SMILES string of the molecule is Cc1c(C)c(C)c2c(c1C)c1c(C)c(C)c(C)c(C)c1n2-c1cc(-c2cc(C(F)(F)F)cc(C(F)(F)F)c2)cc(-n2c3c(C)c(C)c(C)c(C)c3c3c(C)c(C)c(C)c(C)c32)c1C#N. The summed E-state index contributed by atoms with van der Waals surface area (Å²) in [4.78, 5) is 0. The highest BCUT2D eigenvalue weighted by Crippen LogP contribution is 2.49. The maximum atomic E-state index is 14.7. The van der Waals surface area contributed by atoms with E-state index in [1.807, 2.05) is 27.7 Å². The lowest BCUT2D eigenvalue weighted by Crippen LogP contribution is -2.11. The van der Waals surface area contributed by atoms with Gasteiger partial charge in [-0.25, -0.2) is 0 Å². The average molecular weight is 870 g/mol. The van der Waals surface area contributed by atoms with Crippen LogP contribution >= 0.6 is 0 Å². The summed E-state index contributed by atoms with van der Waals surface area (Å²) in [7, 11) is 0. The molecule has 3 nitrogen and oxygen atoms in total. The number of nitriles is 1. The van der Waals surface area contributed by atoms with Gasteiger partial charge in [0.1, 0.15) is 11.6 Å². The molecule has 0 amide bonds. The van der Waals surface area contributed by atoms with Gasteiger partial charge in [-0.05, 0) is 241 Å². The lowest BCUT2D eigenvalue weighted by Gasteiger charge is -2.22. The van der Waals surface area contributed by atoms with E-state index in [9.17, 15) is 31.6 Å². The number of halogens is 6. The van der Waals surface area contributed by atoms with E-state index in [2.05, 4.69) is 98.3 Å². The predicted molar refractivity (Wildman–Crippen MR) is 251 cm³/mol. The van der Waals surface area contributed by atoms with E-state index in [-0.39, 0.29) is 22.8 Å². The van der Waals surface area contributed by atoms with E-state index < -0.39 is 23.5 Å². The van der Waals surface area contributed by atoms with E-state index >= 15 is 0 Å². The zero-order chi connectivity index (χ0) is 47.3. The van der Waals surface area contributed by atoms with Crippen LogP contribution in [0.4, 0.5) is 26.3 Å². The third-order valence-corrected chi connectivity index (χ3v) is 15.6. The molecule has 0 radical (unpaired) electrons. The molecular weight excluding hydrogens is 817 g/mol. The molecule has 6 aromatic carbocycles. The van der Waals surface area contributed by atoms with Crippen molar-refractivity contribution in [3.63, 3.8) is 0 Å². The summed E-state index contributed by atoms with van der Waals surface area (Å²) in [6.07, 6.45) is -10.1. The molecule has 0 aliphatic heterocycles. The molecule has 8 aromatic rings. The second-order valence-corrected chi connectivity index (χ2v) is 18.4. The summed E-state index contributed by atoms with van der Waals surface area (Å²) in [5, 5.41) is 15.8. The van der Waals surface area contributed by atoms with Gasteiger partial charge < -0.3 is 9.13 Å². The van der Waals surface area contributed by atoms with Gasteiger partial charge in [0.2, 0.25) is 0 Å². The maximum absolute atomic E-state index is 14.7. The van der Waals surface area contributed by atoms with E-state index in [4.69, 9.17) is 0 Å². The summed E-state index contributed by atoms with van der Waals surface area (Å²) in [6.45, 7) is 33.2. The van der Waals surface area contributed by atoms with Crippen LogP contribution in [-0.4, -0.2) is 9.13 Å². The maximum Gasteiger partial charge on any atom is 0.416 e. The molecule has 0 bridgehead atoms. The van der Waals surface area contributed by atoms with Crippen molar-refractivity contribution in [2.75, 3.05) is 0 Å². The Kier molecular flexibility index (Phi) is 10.1. The molecule has 0 aliphatic carbocycles. The first-order chi connectivity index (χ1) is 29.7. The minimum Gasteiger partial charge on any atom is -0.307 e. The second kappa shape index (κ2) is 14.5. The molecular formula is C55H53F6N3. The molecule has 9 heteroatoms. The molecule has 0 N–H and O–H groups in total. The summed E-state index contributed by atoms with van der Waals surface area (Å²) in [5.74, 6) is 0. The van der Waals surface area contributed by atoms with Gasteiger partial charge in [-0.1, -0.05) is 0 Å². The Morgan fingerprint density at radius 3 is 0.812 bits per heavy atom. The van der Waals surface area contributed by atoms with E-state index in [1.165, 1.54) is 0 Å². The van der Waals surface area contributed by atoms with Gasteiger partial charge in [0, 0.05) is 21.5 Å². The van der Waals surface area contributed by atoms with E-state index in [0.717, 1.165) is 145 Å². The quantitative estimate of drug-likeness (QED) is 0.163. The Balaban J connectivity index is 1.74. The monoisotopic (exact) mass is 869 g/mol. The number of rotatable bonds is 3. The normalized spacial score (nSPS) is 12.5. The van der Waals surface area contributed by atoms with Crippen LogP contribution in [-0.2, 0) is 12.4 Å². The molecule has 330 valence electrons. The Labute approximate surface area is 370 Å². The number of nitrogens with zero attached hydrogens (tertiary/aromatic N) is 3. The zero-order valence-corrected chi connectivity index (χ0v) is 39.5. The van der Waals surface area contributed by atoms with Crippen molar-refractivity contribution in [3.05, 3.63) is 136 Å². The van der Waals surface area contributed by atoms with Crippen molar-refractivity contribution in [2.24, 2.45) is 0 Å². The standard InChI is InChI=1S/C55H53F6N3/c1-23-27(5)35(13)50-46(31(23)9)47-32(10)24(2)28(6)36(14)51(47)63(50)44-19-40(39-17-41(54(56,57)58)21-42(18-39)55(59,60)61)20-45(43(44)22-62)64-52-37(15)29(7)25(3)33(11)48(52)49-34(12)26(4)30(8)38(16)53(49)64/h17-21H,1-16H3. The summed E-state index contributed by atoms with van der Waals surface area (Å²) >= 11 is 0. The number of alkyl halides is 6. The second-order valence-electron chi connectivity index (χ2n) is 18.4. The highest BCUT2D eigenvalue weighted by molar-refractivity contribution is 6.17. The smallest absolute Gasteiger partial charge is 0.307 e. The zero-order valence-electron chi connectivity index (χ0n) is 39.5. The molecule has 8 rings (SSSR count).